The Hall–Kier alpha value is -1.40. The van der Waals surface area contributed by atoms with Gasteiger partial charge in [-0.05, 0) is 19.8 Å². The summed E-state index contributed by atoms with van der Waals surface area (Å²) in [5.41, 5.74) is 1.07. The zero-order valence-corrected chi connectivity index (χ0v) is 13.7. The van der Waals surface area contributed by atoms with Crippen molar-refractivity contribution in [3.63, 3.8) is 0 Å². The molecule has 0 aliphatic heterocycles. The average Bonchev–Trinajstić information content (AvgIpc) is 2.50. The van der Waals surface area contributed by atoms with E-state index in [2.05, 4.69) is 27.1 Å². The summed E-state index contributed by atoms with van der Waals surface area (Å²) in [6, 6.07) is 0. The highest BCUT2D eigenvalue weighted by molar-refractivity contribution is 5.49. The Kier molecular flexibility index (Phi) is 8.69. The van der Waals surface area contributed by atoms with E-state index in [9.17, 15) is 0 Å². The molecule has 0 aliphatic rings. The summed E-state index contributed by atoms with van der Waals surface area (Å²) in [6.07, 6.45) is 3.88. The molecule has 0 saturated heterocycles. The Morgan fingerprint density at radius 1 is 1.19 bits per heavy atom. The van der Waals surface area contributed by atoms with Crippen molar-refractivity contribution >= 4 is 11.8 Å². The standard InChI is InChI=1S/C15H28N4O2/c1-5-7-16-15-17-12-13(2)14(18-15)19(9-11-21-4)8-6-10-20-3/h12H,5-11H2,1-4H3,(H,16,17,18). The molecule has 0 atom stereocenters. The van der Waals surface area contributed by atoms with Crippen LogP contribution in [0.2, 0.25) is 0 Å². The van der Waals surface area contributed by atoms with Gasteiger partial charge in [-0.25, -0.2) is 4.98 Å². The lowest BCUT2D eigenvalue weighted by Crippen LogP contribution is -2.30. The Morgan fingerprint density at radius 2 is 1.95 bits per heavy atom. The van der Waals surface area contributed by atoms with Gasteiger partial charge in [0.15, 0.2) is 0 Å². The second-order valence-corrected chi connectivity index (χ2v) is 4.95. The van der Waals surface area contributed by atoms with Crippen molar-refractivity contribution < 1.29 is 9.47 Å². The molecule has 0 unspecified atom stereocenters. The van der Waals surface area contributed by atoms with E-state index < -0.39 is 0 Å². The largest absolute Gasteiger partial charge is 0.385 e. The van der Waals surface area contributed by atoms with Gasteiger partial charge in [-0.15, -0.1) is 0 Å². The van der Waals surface area contributed by atoms with Crippen LogP contribution in [0.5, 0.6) is 0 Å². The van der Waals surface area contributed by atoms with Crippen LogP contribution in [0.25, 0.3) is 0 Å². The molecule has 120 valence electrons. The third-order valence-corrected chi connectivity index (χ3v) is 3.12. The van der Waals surface area contributed by atoms with Crippen molar-refractivity contribution in [2.45, 2.75) is 26.7 Å². The minimum absolute atomic E-state index is 0.675. The van der Waals surface area contributed by atoms with Gasteiger partial charge in [0.25, 0.3) is 0 Å². The van der Waals surface area contributed by atoms with E-state index in [0.717, 1.165) is 50.5 Å². The minimum Gasteiger partial charge on any atom is -0.385 e. The molecule has 1 aromatic rings. The van der Waals surface area contributed by atoms with Crippen molar-refractivity contribution in [2.75, 3.05) is 57.3 Å². The zero-order chi connectivity index (χ0) is 15.5. The molecule has 1 N–H and O–H groups in total. The summed E-state index contributed by atoms with van der Waals surface area (Å²) in [7, 11) is 3.44. The predicted octanol–water partition coefficient (Wildman–Crippen LogP) is 2.10. The SMILES string of the molecule is CCCNc1ncc(C)c(N(CCCOC)CCOC)n1. The van der Waals surface area contributed by atoms with E-state index in [4.69, 9.17) is 9.47 Å². The maximum absolute atomic E-state index is 5.20. The fourth-order valence-corrected chi connectivity index (χ4v) is 2.00. The molecule has 0 spiro atoms. The van der Waals surface area contributed by atoms with E-state index in [1.807, 2.05) is 13.1 Å². The summed E-state index contributed by atoms with van der Waals surface area (Å²) in [4.78, 5) is 11.2. The molecule has 0 radical (unpaired) electrons. The van der Waals surface area contributed by atoms with Crippen molar-refractivity contribution in [1.82, 2.24) is 9.97 Å². The quantitative estimate of drug-likeness (QED) is 0.631. The van der Waals surface area contributed by atoms with Crippen LogP contribution in [-0.2, 0) is 9.47 Å². The van der Waals surface area contributed by atoms with Crippen LogP contribution in [0, 0.1) is 6.92 Å². The first-order chi connectivity index (χ1) is 10.2. The smallest absolute Gasteiger partial charge is 0.224 e. The zero-order valence-electron chi connectivity index (χ0n) is 13.7. The number of aromatic nitrogens is 2. The maximum Gasteiger partial charge on any atom is 0.224 e. The van der Waals surface area contributed by atoms with Crippen molar-refractivity contribution in [3.05, 3.63) is 11.8 Å². The lowest BCUT2D eigenvalue weighted by molar-refractivity contribution is 0.191. The van der Waals surface area contributed by atoms with Gasteiger partial charge in [0.05, 0.1) is 6.61 Å². The van der Waals surface area contributed by atoms with Gasteiger partial charge in [-0.2, -0.15) is 4.98 Å². The van der Waals surface area contributed by atoms with E-state index in [1.165, 1.54) is 0 Å². The second-order valence-electron chi connectivity index (χ2n) is 4.95. The molecule has 0 saturated carbocycles. The number of nitrogens with one attached hydrogen (secondary N) is 1. The number of methoxy groups -OCH3 is 2. The van der Waals surface area contributed by atoms with Gasteiger partial charge in [0.2, 0.25) is 5.95 Å². The first kappa shape index (κ1) is 17.7. The van der Waals surface area contributed by atoms with Crippen LogP contribution < -0.4 is 10.2 Å². The molecular weight excluding hydrogens is 268 g/mol. The Balaban J connectivity index is 2.81. The third-order valence-electron chi connectivity index (χ3n) is 3.12. The molecule has 1 heterocycles. The first-order valence-corrected chi connectivity index (χ1v) is 7.53. The molecule has 0 amide bonds. The normalized spacial score (nSPS) is 10.7. The van der Waals surface area contributed by atoms with Crippen LogP contribution in [0.1, 0.15) is 25.3 Å². The Labute approximate surface area is 127 Å². The van der Waals surface area contributed by atoms with E-state index in [-0.39, 0.29) is 0 Å². The molecule has 1 rings (SSSR count). The summed E-state index contributed by atoms with van der Waals surface area (Å²) in [5, 5.41) is 3.24. The van der Waals surface area contributed by atoms with E-state index in [1.54, 1.807) is 14.2 Å². The molecule has 21 heavy (non-hydrogen) atoms. The number of rotatable bonds is 11. The van der Waals surface area contributed by atoms with Gasteiger partial charge in [0.1, 0.15) is 5.82 Å². The fraction of sp³-hybridized carbons (Fsp3) is 0.733. The number of nitrogens with zero attached hydrogens (tertiary/aromatic N) is 3. The lowest BCUT2D eigenvalue weighted by atomic mass is 10.3. The molecule has 0 bridgehead atoms. The highest BCUT2D eigenvalue weighted by atomic mass is 16.5. The average molecular weight is 296 g/mol. The van der Waals surface area contributed by atoms with Gasteiger partial charge < -0.3 is 19.7 Å². The summed E-state index contributed by atoms with van der Waals surface area (Å²) < 4.78 is 10.3. The Morgan fingerprint density at radius 3 is 2.62 bits per heavy atom. The fourth-order valence-electron chi connectivity index (χ4n) is 2.00. The molecule has 0 fully saturated rings. The Bertz CT molecular complexity index is 401. The topological polar surface area (TPSA) is 59.5 Å². The number of anilines is 2. The lowest BCUT2D eigenvalue weighted by Gasteiger charge is -2.25. The first-order valence-electron chi connectivity index (χ1n) is 7.53. The van der Waals surface area contributed by atoms with E-state index >= 15 is 0 Å². The summed E-state index contributed by atoms with van der Waals surface area (Å²) >= 11 is 0. The van der Waals surface area contributed by atoms with Gasteiger partial charge in [0, 0.05) is 52.2 Å². The highest BCUT2D eigenvalue weighted by Crippen LogP contribution is 2.18. The molecule has 0 aliphatic carbocycles. The molecule has 1 aromatic heterocycles. The van der Waals surface area contributed by atoms with Crippen molar-refractivity contribution in [1.29, 1.82) is 0 Å². The third kappa shape index (κ3) is 6.27. The highest BCUT2D eigenvalue weighted by Gasteiger charge is 2.12. The van der Waals surface area contributed by atoms with Crippen LogP contribution in [0.3, 0.4) is 0 Å². The molecule has 6 heteroatoms. The number of hydrogen-bond acceptors (Lipinski definition) is 6. The molecule has 6 nitrogen and oxygen atoms in total. The van der Waals surface area contributed by atoms with E-state index in [0.29, 0.717) is 12.6 Å². The van der Waals surface area contributed by atoms with Gasteiger partial charge >= 0.3 is 0 Å². The predicted molar refractivity (Wildman–Crippen MR) is 86.1 cm³/mol. The van der Waals surface area contributed by atoms with Gasteiger partial charge in [-0.1, -0.05) is 6.92 Å². The summed E-state index contributed by atoms with van der Waals surface area (Å²) in [6.45, 7) is 8.16. The monoisotopic (exact) mass is 296 g/mol. The number of hydrogen-bond donors (Lipinski definition) is 1. The van der Waals surface area contributed by atoms with Crippen LogP contribution in [0.4, 0.5) is 11.8 Å². The maximum atomic E-state index is 5.20. The summed E-state index contributed by atoms with van der Waals surface area (Å²) in [5.74, 6) is 1.66. The number of ether oxygens (including phenoxy) is 2. The van der Waals surface area contributed by atoms with Crippen molar-refractivity contribution in [2.24, 2.45) is 0 Å². The van der Waals surface area contributed by atoms with Crippen LogP contribution >= 0.6 is 0 Å². The second kappa shape index (κ2) is 10.3. The molecular formula is C15H28N4O2. The van der Waals surface area contributed by atoms with Crippen LogP contribution in [-0.4, -0.2) is 57.0 Å². The number of aryl methyl sites for hydroxylation is 1. The minimum atomic E-state index is 0.675. The van der Waals surface area contributed by atoms with Crippen molar-refractivity contribution in [3.8, 4) is 0 Å². The van der Waals surface area contributed by atoms with Crippen LogP contribution in [0.15, 0.2) is 6.20 Å². The van der Waals surface area contributed by atoms with Gasteiger partial charge in [-0.3, -0.25) is 0 Å². The molecule has 0 aromatic carbocycles.